The molecule has 0 saturated heterocycles. The fourth-order valence-corrected chi connectivity index (χ4v) is 1.50. The number of halogens is 1. The van der Waals surface area contributed by atoms with Crippen LogP contribution in [-0.2, 0) is 11.3 Å². The molecule has 0 fully saturated rings. The van der Waals surface area contributed by atoms with Crippen molar-refractivity contribution in [2.24, 2.45) is 0 Å². The molecule has 4 heteroatoms. The fraction of sp³-hybridized carbons (Fsp3) is 0.500. The minimum atomic E-state index is -0.422. The maximum atomic E-state index is 12.9. The van der Waals surface area contributed by atoms with E-state index in [-0.39, 0.29) is 11.9 Å². The Balaban J connectivity index is 2.37. The number of hydrogen-bond donors (Lipinski definition) is 2. The Hall–Kier alpha value is -1.13. The lowest BCUT2D eigenvalue weighted by Crippen LogP contribution is -2.26. The third-order valence-corrected chi connectivity index (χ3v) is 2.15. The molecule has 0 heterocycles. The van der Waals surface area contributed by atoms with E-state index in [0.29, 0.717) is 19.7 Å². The second kappa shape index (κ2) is 6.45. The van der Waals surface area contributed by atoms with Crippen LogP contribution in [0.25, 0.3) is 0 Å². The summed E-state index contributed by atoms with van der Waals surface area (Å²) in [7, 11) is 0. The molecule has 16 heavy (non-hydrogen) atoms. The van der Waals surface area contributed by atoms with Crippen molar-refractivity contribution in [1.29, 1.82) is 0 Å². The first-order chi connectivity index (χ1) is 7.61. The zero-order valence-electron chi connectivity index (χ0n) is 9.66. The van der Waals surface area contributed by atoms with E-state index >= 15 is 0 Å². The highest BCUT2D eigenvalue weighted by Crippen LogP contribution is 2.14. The van der Waals surface area contributed by atoms with Gasteiger partial charge in [-0.1, -0.05) is 0 Å². The third-order valence-electron chi connectivity index (χ3n) is 2.15. The predicted octanol–water partition coefficient (Wildman–Crippen LogP) is 2.05. The van der Waals surface area contributed by atoms with Gasteiger partial charge in [0.25, 0.3) is 0 Å². The summed E-state index contributed by atoms with van der Waals surface area (Å²) in [5.74, 6) is -0.468. The van der Waals surface area contributed by atoms with Gasteiger partial charge in [0, 0.05) is 25.8 Å². The molecular formula is C12H18FNO2. The van der Waals surface area contributed by atoms with E-state index in [1.165, 1.54) is 6.07 Å². The lowest BCUT2D eigenvalue weighted by Gasteiger charge is -2.12. The Bertz CT molecular complexity index is 311. The number of hydrogen-bond acceptors (Lipinski definition) is 3. The monoisotopic (exact) mass is 227 g/mol. The van der Waals surface area contributed by atoms with Crippen LogP contribution in [0.3, 0.4) is 0 Å². The average Bonchev–Trinajstić information content (AvgIpc) is 2.16. The first-order valence-corrected chi connectivity index (χ1v) is 5.42. The van der Waals surface area contributed by atoms with E-state index in [0.717, 1.165) is 11.6 Å². The van der Waals surface area contributed by atoms with Crippen molar-refractivity contribution in [2.75, 3.05) is 13.2 Å². The van der Waals surface area contributed by atoms with Crippen molar-refractivity contribution in [2.45, 2.75) is 26.5 Å². The normalized spacial score (nSPS) is 12.7. The van der Waals surface area contributed by atoms with Gasteiger partial charge in [-0.15, -0.1) is 0 Å². The molecule has 0 aliphatic rings. The second-order valence-corrected chi connectivity index (χ2v) is 3.71. The molecule has 1 aromatic carbocycles. The Kier molecular flexibility index (Phi) is 5.22. The molecule has 0 bridgehead atoms. The fourth-order valence-electron chi connectivity index (χ4n) is 1.50. The lowest BCUT2D eigenvalue weighted by molar-refractivity contribution is 0.0759. The standard InChI is InChI=1S/C12H18FNO2/c1-3-16-9(2)7-14-8-10-4-11(13)6-12(15)5-10/h4-6,9,14-15H,3,7-8H2,1-2H3. The molecule has 0 saturated carbocycles. The highest BCUT2D eigenvalue weighted by molar-refractivity contribution is 5.28. The van der Waals surface area contributed by atoms with Gasteiger partial charge in [0.15, 0.2) is 0 Å². The smallest absolute Gasteiger partial charge is 0.127 e. The van der Waals surface area contributed by atoms with Gasteiger partial charge in [-0.05, 0) is 31.5 Å². The second-order valence-electron chi connectivity index (χ2n) is 3.71. The number of nitrogens with one attached hydrogen (secondary N) is 1. The molecule has 1 unspecified atom stereocenters. The molecule has 1 aromatic rings. The number of rotatable bonds is 6. The van der Waals surface area contributed by atoms with Gasteiger partial charge in [0.05, 0.1) is 6.10 Å². The van der Waals surface area contributed by atoms with Crippen molar-refractivity contribution < 1.29 is 14.2 Å². The number of aromatic hydroxyl groups is 1. The van der Waals surface area contributed by atoms with Crippen LogP contribution in [0.1, 0.15) is 19.4 Å². The molecular weight excluding hydrogens is 209 g/mol. The van der Waals surface area contributed by atoms with Crippen LogP contribution in [0, 0.1) is 5.82 Å². The zero-order chi connectivity index (χ0) is 12.0. The van der Waals surface area contributed by atoms with Crippen LogP contribution in [0.2, 0.25) is 0 Å². The SMILES string of the molecule is CCOC(C)CNCc1cc(O)cc(F)c1. The molecule has 0 amide bonds. The summed E-state index contributed by atoms with van der Waals surface area (Å²) in [5.41, 5.74) is 0.723. The van der Waals surface area contributed by atoms with E-state index in [9.17, 15) is 9.50 Å². The van der Waals surface area contributed by atoms with E-state index in [4.69, 9.17) is 4.74 Å². The van der Waals surface area contributed by atoms with Crippen LogP contribution in [0.15, 0.2) is 18.2 Å². The number of phenolic OH excluding ortho intramolecular Hbond substituents is 1. The molecule has 2 N–H and O–H groups in total. The molecule has 0 aliphatic carbocycles. The highest BCUT2D eigenvalue weighted by atomic mass is 19.1. The summed E-state index contributed by atoms with van der Waals surface area (Å²) in [6.07, 6.45) is 0.132. The maximum Gasteiger partial charge on any atom is 0.127 e. The minimum absolute atomic E-state index is 0.0466. The summed E-state index contributed by atoms with van der Waals surface area (Å²) in [6.45, 7) is 5.82. The molecule has 0 aromatic heterocycles. The Morgan fingerprint density at radius 2 is 2.19 bits per heavy atom. The lowest BCUT2D eigenvalue weighted by atomic mass is 10.2. The topological polar surface area (TPSA) is 41.5 Å². The number of phenols is 1. The average molecular weight is 227 g/mol. The summed E-state index contributed by atoms with van der Waals surface area (Å²) in [4.78, 5) is 0. The van der Waals surface area contributed by atoms with Gasteiger partial charge in [-0.3, -0.25) is 0 Å². The van der Waals surface area contributed by atoms with E-state index in [2.05, 4.69) is 5.32 Å². The van der Waals surface area contributed by atoms with Crippen molar-refractivity contribution >= 4 is 0 Å². The first-order valence-electron chi connectivity index (χ1n) is 5.42. The van der Waals surface area contributed by atoms with Crippen LogP contribution in [-0.4, -0.2) is 24.4 Å². The Morgan fingerprint density at radius 1 is 1.44 bits per heavy atom. The molecule has 0 radical (unpaired) electrons. The first kappa shape index (κ1) is 12.9. The molecule has 0 spiro atoms. The van der Waals surface area contributed by atoms with Crippen LogP contribution in [0.5, 0.6) is 5.75 Å². The van der Waals surface area contributed by atoms with Gasteiger partial charge < -0.3 is 15.2 Å². The molecule has 90 valence electrons. The number of ether oxygens (including phenoxy) is 1. The van der Waals surface area contributed by atoms with Crippen molar-refractivity contribution in [1.82, 2.24) is 5.32 Å². The molecule has 1 atom stereocenters. The van der Waals surface area contributed by atoms with E-state index in [1.54, 1.807) is 6.07 Å². The third kappa shape index (κ3) is 4.59. The van der Waals surface area contributed by atoms with Crippen molar-refractivity contribution in [3.63, 3.8) is 0 Å². The van der Waals surface area contributed by atoms with Gasteiger partial charge in [-0.25, -0.2) is 4.39 Å². The molecule has 1 rings (SSSR count). The van der Waals surface area contributed by atoms with Gasteiger partial charge in [0.2, 0.25) is 0 Å². The summed E-state index contributed by atoms with van der Waals surface area (Å²) >= 11 is 0. The zero-order valence-corrected chi connectivity index (χ0v) is 9.66. The largest absolute Gasteiger partial charge is 0.508 e. The van der Waals surface area contributed by atoms with Gasteiger partial charge in [-0.2, -0.15) is 0 Å². The van der Waals surface area contributed by atoms with Crippen LogP contribution < -0.4 is 5.32 Å². The van der Waals surface area contributed by atoms with E-state index in [1.807, 2.05) is 13.8 Å². The maximum absolute atomic E-state index is 12.9. The summed E-state index contributed by atoms with van der Waals surface area (Å²) in [5, 5.41) is 12.3. The Morgan fingerprint density at radius 3 is 2.81 bits per heavy atom. The Labute approximate surface area is 95.2 Å². The van der Waals surface area contributed by atoms with Crippen molar-refractivity contribution in [3.8, 4) is 5.75 Å². The van der Waals surface area contributed by atoms with E-state index < -0.39 is 5.82 Å². The quantitative estimate of drug-likeness (QED) is 0.781. The van der Waals surface area contributed by atoms with Crippen LogP contribution >= 0.6 is 0 Å². The summed E-state index contributed by atoms with van der Waals surface area (Å²) in [6, 6.07) is 4.03. The van der Waals surface area contributed by atoms with Crippen molar-refractivity contribution in [3.05, 3.63) is 29.6 Å². The number of benzene rings is 1. The predicted molar refractivity (Wildman–Crippen MR) is 60.9 cm³/mol. The highest BCUT2D eigenvalue weighted by Gasteiger charge is 2.02. The van der Waals surface area contributed by atoms with Gasteiger partial charge >= 0.3 is 0 Å². The molecule has 0 aliphatic heterocycles. The van der Waals surface area contributed by atoms with Gasteiger partial charge in [0.1, 0.15) is 11.6 Å². The molecule has 3 nitrogen and oxygen atoms in total. The van der Waals surface area contributed by atoms with Crippen LogP contribution in [0.4, 0.5) is 4.39 Å². The minimum Gasteiger partial charge on any atom is -0.508 e. The summed E-state index contributed by atoms with van der Waals surface area (Å²) < 4.78 is 18.3.